The normalized spacial score (nSPS) is 11.9. The number of nitrogens with zero attached hydrogens (tertiary/aromatic N) is 3. The summed E-state index contributed by atoms with van der Waals surface area (Å²) in [5.74, 6) is 0.452. The van der Waals surface area contributed by atoms with Gasteiger partial charge in [-0.3, -0.25) is 4.18 Å². The largest absolute Gasteiger partial charge is 0.477 e. The second kappa shape index (κ2) is 5.85. The van der Waals surface area contributed by atoms with Gasteiger partial charge in [0.1, 0.15) is 0 Å². The van der Waals surface area contributed by atoms with Crippen LogP contribution < -0.4 is 4.74 Å². The van der Waals surface area contributed by atoms with E-state index in [-0.39, 0.29) is 6.61 Å². The molecule has 2 aromatic rings. The van der Waals surface area contributed by atoms with Gasteiger partial charge in [-0.2, -0.15) is 18.5 Å². The maximum Gasteiger partial charge on any atom is 0.264 e. The molecule has 7 nitrogen and oxygen atoms in total. The minimum absolute atomic E-state index is 0.0947. The van der Waals surface area contributed by atoms with Gasteiger partial charge in [0, 0.05) is 18.7 Å². The second-order valence-electron chi connectivity index (χ2n) is 3.75. The molecule has 19 heavy (non-hydrogen) atoms. The molecule has 0 amide bonds. The number of hydrogen-bond donors (Lipinski definition) is 0. The molecule has 0 radical (unpaired) electrons. The molecular formula is C10H12BrN3O4S. The third-order valence-electron chi connectivity index (χ3n) is 2.14. The highest BCUT2D eigenvalue weighted by Crippen LogP contribution is 2.17. The number of fused-ring (bicyclic) bond motifs is 1. The summed E-state index contributed by atoms with van der Waals surface area (Å²) in [5.41, 5.74) is 0.657. The monoisotopic (exact) mass is 349 g/mol. The first-order valence-electron chi connectivity index (χ1n) is 5.43. The van der Waals surface area contributed by atoms with Crippen molar-refractivity contribution in [2.45, 2.75) is 6.42 Å². The van der Waals surface area contributed by atoms with Gasteiger partial charge in [0.05, 0.1) is 30.1 Å². The summed E-state index contributed by atoms with van der Waals surface area (Å²) < 4.78 is 33.8. The van der Waals surface area contributed by atoms with E-state index in [0.717, 1.165) is 10.7 Å². The lowest BCUT2D eigenvalue weighted by molar-refractivity contribution is 0.247. The molecule has 2 aromatic heterocycles. The summed E-state index contributed by atoms with van der Waals surface area (Å²) >= 11 is 3.33. The zero-order valence-corrected chi connectivity index (χ0v) is 12.5. The van der Waals surface area contributed by atoms with Crippen LogP contribution in [0, 0.1) is 0 Å². The summed E-state index contributed by atoms with van der Waals surface area (Å²) in [5, 5.41) is 4.06. The lowest BCUT2D eigenvalue weighted by Crippen LogP contribution is -2.08. The minimum atomic E-state index is -3.39. The van der Waals surface area contributed by atoms with E-state index < -0.39 is 10.1 Å². The molecule has 0 bridgehead atoms. The Morgan fingerprint density at radius 3 is 2.95 bits per heavy atom. The topological polar surface area (TPSA) is 82.8 Å². The molecule has 0 aromatic carbocycles. The van der Waals surface area contributed by atoms with Crippen LogP contribution in [0.5, 0.6) is 5.88 Å². The molecule has 9 heteroatoms. The van der Waals surface area contributed by atoms with Crippen molar-refractivity contribution in [2.75, 3.05) is 19.5 Å². The van der Waals surface area contributed by atoms with E-state index in [1.807, 2.05) is 0 Å². The Balaban J connectivity index is 1.86. The van der Waals surface area contributed by atoms with Crippen LogP contribution in [0.25, 0.3) is 5.65 Å². The van der Waals surface area contributed by atoms with Crippen LogP contribution in [0.1, 0.15) is 6.42 Å². The van der Waals surface area contributed by atoms with Gasteiger partial charge in [-0.1, -0.05) is 0 Å². The van der Waals surface area contributed by atoms with E-state index in [4.69, 9.17) is 4.74 Å². The second-order valence-corrected chi connectivity index (χ2v) is 6.25. The van der Waals surface area contributed by atoms with Gasteiger partial charge in [0.15, 0.2) is 5.65 Å². The van der Waals surface area contributed by atoms with Gasteiger partial charge in [-0.25, -0.2) is 4.52 Å². The Morgan fingerprint density at radius 1 is 1.42 bits per heavy atom. The Morgan fingerprint density at radius 2 is 2.21 bits per heavy atom. The fourth-order valence-corrected chi connectivity index (χ4v) is 2.13. The lowest BCUT2D eigenvalue weighted by Gasteiger charge is -2.05. The predicted octanol–water partition coefficient (Wildman–Crippen LogP) is 1.24. The molecule has 0 atom stereocenters. The summed E-state index contributed by atoms with van der Waals surface area (Å²) in [6, 6.07) is 1.68. The zero-order chi connectivity index (χ0) is 13.9. The number of halogens is 1. The van der Waals surface area contributed by atoms with Gasteiger partial charge < -0.3 is 4.74 Å². The predicted molar refractivity (Wildman–Crippen MR) is 71.6 cm³/mol. The maximum atomic E-state index is 10.7. The first kappa shape index (κ1) is 14.2. The molecule has 0 saturated carbocycles. The van der Waals surface area contributed by atoms with Crippen LogP contribution in [0.4, 0.5) is 0 Å². The van der Waals surface area contributed by atoms with E-state index >= 15 is 0 Å². The SMILES string of the molecule is CS(=O)(=O)OCCCOc1ccn2ncc(Br)c2n1. The third-order valence-corrected chi connectivity index (χ3v) is 3.29. The van der Waals surface area contributed by atoms with Crippen molar-refractivity contribution in [3.8, 4) is 5.88 Å². The Kier molecular flexibility index (Phi) is 4.38. The first-order valence-corrected chi connectivity index (χ1v) is 8.04. The van der Waals surface area contributed by atoms with E-state index in [1.54, 1.807) is 23.0 Å². The zero-order valence-electron chi connectivity index (χ0n) is 10.1. The highest BCUT2D eigenvalue weighted by molar-refractivity contribution is 9.10. The van der Waals surface area contributed by atoms with Crippen molar-refractivity contribution < 1.29 is 17.3 Å². The quantitative estimate of drug-likeness (QED) is 0.576. The molecule has 0 N–H and O–H groups in total. The minimum Gasteiger partial charge on any atom is -0.477 e. The van der Waals surface area contributed by atoms with Gasteiger partial charge in [-0.15, -0.1) is 0 Å². The molecule has 104 valence electrons. The van der Waals surface area contributed by atoms with Crippen LogP contribution in [0.3, 0.4) is 0 Å². The van der Waals surface area contributed by atoms with Crippen molar-refractivity contribution >= 4 is 31.7 Å². The van der Waals surface area contributed by atoms with Crippen molar-refractivity contribution in [2.24, 2.45) is 0 Å². The molecular weight excluding hydrogens is 338 g/mol. The molecule has 0 aliphatic rings. The van der Waals surface area contributed by atoms with Crippen molar-refractivity contribution in [3.05, 3.63) is 22.9 Å². The number of rotatable bonds is 6. The van der Waals surface area contributed by atoms with Crippen molar-refractivity contribution in [1.82, 2.24) is 14.6 Å². The Labute approximate surface area is 118 Å². The number of aromatic nitrogens is 3. The summed E-state index contributed by atoms with van der Waals surface area (Å²) in [4.78, 5) is 4.25. The van der Waals surface area contributed by atoms with E-state index in [2.05, 4.69) is 30.2 Å². The van der Waals surface area contributed by atoms with Gasteiger partial charge in [-0.05, 0) is 15.9 Å². The van der Waals surface area contributed by atoms with Gasteiger partial charge in [0.2, 0.25) is 5.88 Å². The van der Waals surface area contributed by atoms with Crippen molar-refractivity contribution in [1.29, 1.82) is 0 Å². The standard InChI is InChI=1S/C10H12BrN3O4S/c1-19(15,16)18-6-2-5-17-9-3-4-14-10(13-9)8(11)7-12-14/h3-4,7H,2,5-6H2,1H3. The average molecular weight is 350 g/mol. The molecule has 2 rings (SSSR count). The van der Waals surface area contributed by atoms with E-state index in [9.17, 15) is 8.42 Å². The third kappa shape index (κ3) is 4.15. The lowest BCUT2D eigenvalue weighted by atomic mass is 10.5. The fourth-order valence-electron chi connectivity index (χ4n) is 1.35. The van der Waals surface area contributed by atoms with Crippen LogP contribution in [0.15, 0.2) is 22.9 Å². The molecule has 2 heterocycles. The summed E-state index contributed by atoms with van der Waals surface area (Å²) in [6.45, 7) is 0.419. The van der Waals surface area contributed by atoms with Gasteiger partial charge in [0.25, 0.3) is 10.1 Å². The number of hydrogen-bond acceptors (Lipinski definition) is 6. The number of ether oxygens (including phenoxy) is 1. The van der Waals surface area contributed by atoms with Crippen LogP contribution in [-0.4, -0.2) is 42.5 Å². The van der Waals surface area contributed by atoms with E-state index in [1.165, 1.54) is 0 Å². The Bertz CT molecular complexity index is 670. The first-order chi connectivity index (χ1) is 8.96. The average Bonchev–Trinajstić information content (AvgIpc) is 2.69. The maximum absolute atomic E-state index is 10.7. The molecule has 0 saturated heterocycles. The molecule has 0 unspecified atom stereocenters. The fraction of sp³-hybridized carbons (Fsp3) is 0.400. The molecule has 0 aliphatic carbocycles. The van der Waals surface area contributed by atoms with Crippen LogP contribution in [0.2, 0.25) is 0 Å². The highest BCUT2D eigenvalue weighted by atomic mass is 79.9. The van der Waals surface area contributed by atoms with Crippen LogP contribution in [-0.2, 0) is 14.3 Å². The molecule has 0 fully saturated rings. The summed E-state index contributed by atoms with van der Waals surface area (Å²) in [7, 11) is -3.39. The molecule has 0 spiro atoms. The van der Waals surface area contributed by atoms with Crippen molar-refractivity contribution in [3.63, 3.8) is 0 Å². The molecule has 0 aliphatic heterocycles. The smallest absolute Gasteiger partial charge is 0.264 e. The van der Waals surface area contributed by atoms with Crippen LogP contribution >= 0.6 is 15.9 Å². The highest BCUT2D eigenvalue weighted by Gasteiger charge is 2.05. The summed E-state index contributed by atoms with van der Waals surface area (Å²) in [6.07, 6.45) is 4.85. The Hall–Kier alpha value is -1.19. The van der Waals surface area contributed by atoms with E-state index in [0.29, 0.717) is 24.6 Å². The van der Waals surface area contributed by atoms with Gasteiger partial charge >= 0.3 is 0 Å².